The monoisotopic (exact) mass is 308 g/mol. The van der Waals surface area contributed by atoms with Gasteiger partial charge in [0.2, 0.25) is 0 Å². The van der Waals surface area contributed by atoms with Crippen molar-refractivity contribution in [3.05, 3.63) is 35.9 Å². The fourth-order valence-electron chi connectivity index (χ4n) is 2.01. The first-order chi connectivity index (χ1) is 10.2. The van der Waals surface area contributed by atoms with Gasteiger partial charge in [-0.05, 0) is 41.5 Å². The highest BCUT2D eigenvalue weighted by Gasteiger charge is 2.10. The van der Waals surface area contributed by atoms with Gasteiger partial charge in [0.25, 0.3) is 0 Å². The van der Waals surface area contributed by atoms with Crippen molar-refractivity contribution in [2.45, 2.75) is 6.42 Å². The van der Waals surface area contributed by atoms with Crippen molar-refractivity contribution in [3.8, 4) is 11.5 Å². The number of hydrogen-bond donors (Lipinski definition) is 0. The lowest BCUT2D eigenvalue weighted by molar-refractivity contribution is 0.0601. The summed E-state index contributed by atoms with van der Waals surface area (Å²) >= 11 is 5.65. The second-order valence-corrected chi connectivity index (χ2v) is 4.83. The van der Waals surface area contributed by atoms with Crippen LogP contribution in [0.25, 0.3) is 10.8 Å². The standard InChI is InChI=1S/C16H17ClO4/c1-19-14-9-11-4-5-12(16(18)20-2)8-13(11)10-15(14)21-7-3-6-17/h4-5,8-10H,3,6-7H2,1-2H3. The van der Waals surface area contributed by atoms with Crippen LogP contribution in [0.3, 0.4) is 0 Å². The molecule has 2 aromatic rings. The molecule has 0 bridgehead atoms. The molecule has 0 amide bonds. The number of benzene rings is 2. The van der Waals surface area contributed by atoms with E-state index in [0.717, 1.165) is 17.2 Å². The SMILES string of the molecule is COC(=O)c1ccc2cc(OC)c(OCCCCl)cc2c1. The first kappa shape index (κ1) is 15.4. The van der Waals surface area contributed by atoms with Crippen molar-refractivity contribution in [2.75, 3.05) is 26.7 Å². The van der Waals surface area contributed by atoms with Gasteiger partial charge in [-0.25, -0.2) is 4.79 Å². The van der Waals surface area contributed by atoms with E-state index in [-0.39, 0.29) is 5.97 Å². The van der Waals surface area contributed by atoms with Gasteiger partial charge in [0.05, 0.1) is 26.4 Å². The minimum atomic E-state index is -0.364. The summed E-state index contributed by atoms with van der Waals surface area (Å²) in [5.74, 6) is 1.47. The number of alkyl halides is 1. The summed E-state index contributed by atoms with van der Waals surface area (Å²) in [5, 5.41) is 1.85. The molecular weight excluding hydrogens is 292 g/mol. The molecule has 0 heterocycles. The largest absolute Gasteiger partial charge is 0.493 e. The van der Waals surface area contributed by atoms with Crippen LogP contribution in [0, 0.1) is 0 Å². The van der Waals surface area contributed by atoms with Crippen LogP contribution in [0.5, 0.6) is 11.5 Å². The highest BCUT2D eigenvalue weighted by molar-refractivity contribution is 6.17. The van der Waals surface area contributed by atoms with Crippen LogP contribution >= 0.6 is 11.6 Å². The van der Waals surface area contributed by atoms with Gasteiger partial charge in [0, 0.05) is 5.88 Å². The van der Waals surface area contributed by atoms with E-state index in [1.807, 2.05) is 18.2 Å². The summed E-state index contributed by atoms with van der Waals surface area (Å²) < 4.78 is 15.7. The van der Waals surface area contributed by atoms with E-state index >= 15 is 0 Å². The van der Waals surface area contributed by atoms with Crippen molar-refractivity contribution >= 4 is 28.3 Å². The Kier molecular flexibility index (Phi) is 5.28. The van der Waals surface area contributed by atoms with Crippen molar-refractivity contribution in [1.82, 2.24) is 0 Å². The van der Waals surface area contributed by atoms with Crippen molar-refractivity contribution in [1.29, 1.82) is 0 Å². The zero-order valence-electron chi connectivity index (χ0n) is 12.0. The Labute approximate surface area is 128 Å². The second-order valence-electron chi connectivity index (χ2n) is 4.45. The number of carbonyl (C=O) groups is 1. The molecule has 0 saturated carbocycles. The number of hydrogen-bond acceptors (Lipinski definition) is 4. The second kappa shape index (κ2) is 7.18. The third kappa shape index (κ3) is 3.58. The molecule has 0 atom stereocenters. The zero-order chi connectivity index (χ0) is 15.2. The molecule has 5 heteroatoms. The van der Waals surface area contributed by atoms with Gasteiger partial charge in [0.1, 0.15) is 0 Å². The van der Waals surface area contributed by atoms with E-state index in [4.69, 9.17) is 25.8 Å². The van der Waals surface area contributed by atoms with E-state index in [9.17, 15) is 4.79 Å². The topological polar surface area (TPSA) is 44.8 Å². The molecule has 2 rings (SSSR count). The fraction of sp³-hybridized carbons (Fsp3) is 0.312. The van der Waals surface area contributed by atoms with Crippen LogP contribution in [0.15, 0.2) is 30.3 Å². The average Bonchev–Trinajstić information content (AvgIpc) is 2.53. The van der Waals surface area contributed by atoms with E-state index in [1.54, 1.807) is 19.2 Å². The summed E-state index contributed by atoms with van der Waals surface area (Å²) in [6, 6.07) is 9.09. The third-order valence-corrected chi connectivity index (χ3v) is 3.35. The Morgan fingerprint density at radius 3 is 2.52 bits per heavy atom. The molecule has 112 valence electrons. The van der Waals surface area contributed by atoms with Gasteiger partial charge >= 0.3 is 5.97 Å². The number of carbonyl (C=O) groups excluding carboxylic acids is 1. The summed E-state index contributed by atoms with van der Waals surface area (Å²) in [4.78, 5) is 11.6. The average molecular weight is 309 g/mol. The van der Waals surface area contributed by atoms with Gasteiger partial charge in [-0.3, -0.25) is 0 Å². The molecule has 0 aliphatic rings. The molecule has 0 unspecified atom stereocenters. The molecule has 0 aliphatic carbocycles. The summed E-state index contributed by atoms with van der Waals surface area (Å²) in [7, 11) is 2.96. The van der Waals surface area contributed by atoms with Crippen LogP contribution in [-0.2, 0) is 4.74 Å². The summed E-state index contributed by atoms with van der Waals surface area (Å²) in [6.45, 7) is 0.516. The molecule has 0 N–H and O–H groups in total. The van der Waals surface area contributed by atoms with Gasteiger partial charge in [-0.2, -0.15) is 0 Å². The van der Waals surface area contributed by atoms with E-state index < -0.39 is 0 Å². The Hall–Kier alpha value is -1.94. The fourth-order valence-corrected chi connectivity index (χ4v) is 2.12. The highest BCUT2D eigenvalue weighted by atomic mass is 35.5. The molecule has 21 heavy (non-hydrogen) atoms. The first-order valence-electron chi connectivity index (χ1n) is 6.58. The number of methoxy groups -OCH3 is 2. The van der Waals surface area contributed by atoms with Crippen molar-refractivity contribution in [3.63, 3.8) is 0 Å². The molecule has 0 fully saturated rings. The minimum absolute atomic E-state index is 0.364. The molecule has 4 nitrogen and oxygen atoms in total. The first-order valence-corrected chi connectivity index (χ1v) is 7.12. The van der Waals surface area contributed by atoms with E-state index in [2.05, 4.69) is 0 Å². The maximum absolute atomic E-state index is 11.6. The van der Waals surface area contributed by atoms with Gasteiger partial charge < -0.3 is 14.2 Å². The molecule has 0 saturated heterocycles. The Morgan fingerprint density at radius 2 is 1.86 bits per heavy atom. The predicted octanol–water partition coefficient (Wildman–Crippen LogP) is 3.64. The maximum atomic E-state index is 11.6. The molecule has 0 aliphatic heterocycles. The van der Waals surface area contributed by atoms with Crippen LogP contribution in [-0.4, -0.2) is 32.7 Å². The molecular formula is C16H17ClO4. The Balaban J connectivity index is 2.40. The normalized spacial score (nSPS) is 10.4. The lowest BCUT2D eigenvalue weighted by Crippen LogP contribution is -2.02. The lowest BCUT2D eigenvalue weighted by Gasteiger charge is -2.12. The number of esters is 1. The summed E-state index contributed by atoms with van der Waals surface area (Å²) in [5.41, 5.74) is 0.502. The molecule has 0 aromatic heterocycles. The van der Waals surface area contributed by atoms with E-state index in [1.165, 1.54) is 7.11 Å². The summed E-state index contributed by atoms with van der Waals surface area (Å²) in [6.07, 6.45) is 0.755. The van der Waals surface area contributed by atoms with Crippen molar-refractivity contribution in [2.24, 2.45) is 0 Å². The lowest BCUT2D eigenvalue weighted by atomic mass is 10.1. The Morgan fingerprint density at radius 1 is 1.10 bits per heavy atom. The predicted molar refractivity (Wildman–Crippen MR) is 82.7 cm³/mol. The van der Waals surface area contributed by atoms with Gasteiger partial charge in [-0.1, -0.05) is 6.07 Å². The zero-order valence-corrected chi connectivity index (χ0v) is 12.8. The van der Waals surface area contributed by atoms with E-state index in [0.29, 0.717) is 29.5 Å². The van der Waals surface area contributed by atoms with Crippen molar-refractivity contribution < 1.29 is 19.0 Å². The number of halogens is 1. The maximum Gasteiger partial charge on any atom is 0.337 e. The third-order valence-electron chi connectivity index (χ3n) is 3.08. The number of rotatable bonds is 6. The minimum Gasteiger partial charge on any atom is -0.493 e. The smallest absolute Gasteiger partial charge is 0.337 e. The number of ether oxygens (including phenoxy) is 3. The molecule has 0 radical (unpaired) electrons. The van der Waals surface area contributed by atoms with Gasteiger partial charge in [0.15, 0.2) is 11.5 Å². The van der Waals surface area contributed by atoms with Crippen LogP contribution in [0.4, 0.5) is 0 Å². The van der Waals surface area contributed by atoms with Crippen LogP contribution < -0.4 is 9.47 Å². The van der Waals surface area contributed by atoms with Crippen LogP contribution in [0.2, 0.25) is 0 Å². The quantitative estimate of drug-likeness (QED) is 0.464. The number of fused-ring (bicyclic) bond motifs is 1. The van der Waals surface area contributed by atoms with Crippen LogP contribution in [0.1, 0.15) is 16.8 Å². The molecule has 0 spiro atoms. The Bertz CT molecular complexity index is 639. The van der Waals surface area contributed by atoms with Gasteiger partial charge in [-0.15, -0.1) is 11.6 Å². The highest BCUT2D eigenvalue weighted by Crippen LogP contribution is 2.33. The molecule has 2 aromatic carbocycles.